The van der Waals surface area contributed by atoms with Crippen LogP contribution < -0.4 is 5.32 Å². The van der Waals surface area contributed by atoms with E-state index < -0.39 is 0 Å². The summed E-state index contributed by atoms with van der Waals surface area (Å²) in [5.41, 5.74) is 2.08. The highest BCUT2D eigenvalue weighted by Gasteiger charge is 2.23. The van der Waals surface area contributed by atoms with Gasteiger partial charge in [-0.25, -0.2) is 14.6 Å². The minimum absolute atomic E-state index is 0.0315. The molecule has 8 nitrogen and oxygen atoms in total. The molecule has 1 unspecified atom stereocenters. The third kappa shape index (κ3) is 2.87. The molecule has 8 heteroatoms. The van der Waals surface area contributed by atoms with Gasteiger partial charge >= 0.3 is 0 Å². The quantitative estimate of drug-likeness (QED) is 0.572. The SMILES string of the molecule is CCc1nc2n(n1)CC(Nc1cc(C)nc3c([N+](=O)[O-])cccc13)CC2. The zero-order valence-electron chi connectivity index (χ0n) is 14.8. The van der Waals surface area contributed by atoms with Crippen molar-refractivity contribution < 1.29 is 4.92 Å². The van der Waals surface area contributed by atoms with Gasteiger partial charge in [0.05, 0.1) is 11.5 Å². The van der Waals surface area contributed by atoms with Gasteiger partial charge in [0.15, 0.2) is 11.3 Å². The van der Waals surface area contributed by atoms with E-state index in [1.807, 2.05) is 23.7 Å². The highest BCUT2D eigenvalue weighted by Crippen LogP contribution is 2.31. The Labute approximate surface area is 150 Å². The number of aryl methyl sites for hydroxylation is 3. The molecule has 0 bridgehead atoms. The van der Waals surface area contributed by atoms with E-state index in [0.717, 1.165) is 54.2 Å². The number of hydrogen-bond donors (Lipinski definition) is 1. The van der Waals surface area contributed by atoms with Gasteiger partial charge < -0.3 is 5.32 Å². The molecule has 26 heavy (non-hydrogen) atoms. The number of non-ortho nitro benzene ring substituents is 1. The van der Waals surface area contributed by atoms with Gasteiger partial charge in [-0.05, 0) is 19.4 Å². The van der Waals surface area contributed by atoms with Gasteiger partial charge in [-0.1, -0.05) is 19.1 Å². The van der Waals surface area contributed by atoms with Crippen LogP contribution in [0.5, 0.6) is 0 Å². The van der Waals surface area contributed by atoms with Crippen LogP contribution in [0.15, 0.2) is 24.3 Å². The summed E-state index contributed by atoms with van der Waals surface area (Å²) in [6.07, 6.45) is 2.64. The number of nitrogens with one attached hydrogen (secondary N) is 1. The zero-order chi connectivity index (χ0) is 18.3. The fourth-order valence-electron chi connectivity index (χ4n) is 3.48. The van der Waals surface area contributed by atoms with Crippen LogP contribution in [0.4, 0.5) is 11.4 Å². The molecule has 0 saturated heterocycles. The number of nitro groups is 1. The molecule has 3 aromatic rings. The Morgan fingerprint density at radius 3 is 3.00 bits per heavy atom. The fourth-order valence-corrected chi connectivity index (χ4v) is 3.48. The number of para-hydroxylation sites is 1. The molecule has 1 atom stereocenters. The van der Waals surface area contributed by atoms with Crippen molar-refractivity contribution in [1.82, 2.24) is 19.7 Å². The molecule has 1 N–H and O–H groups in total. The number of aromatic nitrogens is 4. The van der Waals surface area contributed by atoms with Crippen LogP contribution in [0.2, 0.25) is 0 Å². The van der Waals surface area contributed by atoms with E-state index in [2.05, 4.69) is 27.3 Å². The van der Waals surface area contributed by atoms with Gasteiger partial charge in [0.25, 0.3) is 5.69 Å². The molecule has 0 aliphatic carbocycles. The summed E-state index contributed by atoms with van der Waals surface area (Å²) in [7, 11) is 0. The molecule has 0 saturated carbocycles. The maximum Gasteiger partial charge on any atom is 0.295 e. The van der Waals surface area contributed by atoms with Gasteiger partial charge in [0, 0.05) is 41.7 Å². The highest BCUT2D eigenvalue weighted by molar-refractivity contribution is 5.96. The van der Waals surface area contributed by atoms with Crippen molar-refractivity contribution in [3.8, 4) is 0 Å². The number of nitro benzene ring substituents is 1. The molecule has 0 fully saturated rings. The number of rotatable bonds is 4. The lowest BCUT2D eigenvalue weighted by Gasteiger charge is -2.25. The summed E-state index contributed by atoms with van der Waals surface area (Å²) in [6, 6.07) is 7.20. The number of nitrogens with zero attached hydrogens (tertiary/aromatic N) is 5. The van der Waals surface area contributed by atoms with Gasteiger partial charge in [-0.2, -0.15) is 5.10 Å². The molecule has 4 rings (SSSR count). The van der Waals surface area contributed by atoms with Crippen molar-refractivity contribution in [2.45, 2.75) is 45.7 Å². The van der Waals surface area contributed by atoms with Crippen LogP contribution >= 0.6 is 0 Å². The fraction of sp³-hybridized carbons (Fsp3) is 0.389. The maximum absolute atomic E-state index is 11.3. The van der Waals surface area contributed by atoms with Crippen molar-refractivity contribution in [3.63, 3.8) is 0 Å². The van der Waals surface area contributed by atoms with E-state index in [1.54, 1.807) is 6.07 Å². The van der Waals surface area contributed by atoms with E-state index in [-0.39, 0.29) is 16.7 Å². The van der Waals surface area contributed by atoms with Crippen molar-refractivity contribution in [2.24, 2.45) is 0 Å². The molecule has 3 heterocycles. The number of benzene rings is 1. The molecule has 1 aliphatic heterocycles. The molecule has 2 aromatic heterocycles. The Hall–Kier alpha value is -3.03. The molecule has 134 valence electrons. The van der Waals surface area contributed by atoms with Gasteiger partial charge in [-0.3, -0.25) is 10.1 Å². The third-order valence-electron chi connectivity index (χ3n) is 4.72. The van der Waals surface area contributed by atoms with Crippen LogP contribution in [0.1, 0.15) is 30.7 Å². The Morgan fingerprint density at radius 1 is 1.38 bits per heavy atom. The summed E-state index contributed by atoms with van der Waals surface area (Å²) < 4.78 is 1.97. The van der Waals surface area contributed by atoms with Gasteiger partial charge in [-0.15, -0.1) is 0 Å². The summed E-state index contributed by atoms with van der Waals surface area (Å²) in [6.45, 7) is 4.64. The van der Waals surface area contributed by atoms with Crippen LogP contribution in [0.25, 0.3) is 10.9 Å². The van der Waals surface area contributed by atoms with Crippen LogP contribution in [-0.2, 0) is 19.4 Å². The van der Waals surface area contributed by atoms with E-state index in [0.29, 0.717) is 5.52 Å². The lowest BCUT2D eigenvalue weighted by atomic mass is 10.1. The number of fused-ring (bicyclic) bond motifs is 2. The summed E-state index contributed by atoms with van der Waals surface area (Å²) in [5, 5.41) is 20.2. The molecular weight excluding hydrogens is 332 g/mol. The average Bonchev–Trinajstić information content (AvgIpc) is 3.03. The predicted molar refractivity (Wildman–Crippen MR) is 98.3 cm³/mol. The van der Waals surface area contributed by atoms with Crippen LogP contribution in [-0.4, -0.2) is 30.7 Å². The highest BCUT2D eigenvalue weighted by atomic mass is 16.6. The number of anilines is 1. The largest absolute Gasteiger partial charge is 0.380 e. The average molecular weight is 352 g/mol. The summed E-state index contributed by atoms with van der Waals surface area (Å²) in [4.78, 5) is 19.9. The topological polar surface area (TPSA) is 98.8 Å². The third-order valence-corrected chi connectivity index (χ3v) is 4.72. The first-order valence-electron chi connectivity index (χ1n) is 8.79. The Balaban J connectivity index is 1.67. The second-order valence-corrected chi connectivity index (χ2v) is 6.60. The Morgan fingerprint density at radius 2 is 2.23 bits per heavy atom. The maximum atomic E-state index is 11.3. The predicted octanol–water partition coefficient (Wildman–Crippen LogP) is 3.03. The lowest BCUT2D eigenvalue weighted by molar-refractivity contribution is -0.383. The monoisotopic (exact) mass is 352 g/mol. The minimum atomic E-state index is -0.382. The standard InChI is InChI=1S/C18H20N6O2/c1-3-16-21-17-8-7-12(10-23(17)22-16)20-14-9-11(2)19-18-13(14)5-4-6-15(18)24(25)26/h4-6,9,12H,3,7-8,10H2,1-2H3,(H,19,20). The van der Waals surface area contributed by atoms with Crippen molar-refractivity contribution in [3.05, 3.63) is 51.7 Å². The zero-order valence-corrected chi connectivity index (χ0v) is 14.8. The van der Waals surface area contributed by atoms with Crippen molar-refractivity contribution in [1.29, 1.82) is 0 Å². The smallest absolute Gasteiger partial charge is 0.295 e. The second kappa shape index (κ2) is 6.36. The van der Waals surface area contributed by atoms with Gasteiger partial charge in [0.1, 0.15) is 5.82 Å². The minimum Gasteiger partial charge on any atom is -0.380 e. The molecule has 0 radical (unpaired) electrons. The first-order valence-corrected chi connectivity index (χ1v) is 8.79. The van der Waals surface area contributed by atoms with Crippen molar-refractivity contribution >= 4 is 22.3 Å². The van der Waals surface area contributed by atoms with Gasteiger partial charge in [0.2, 0.25) is 0 Å². The van der Waals surface area contributed by atoms with Crippen LogP contribution in [0, 0.1) is 17.0 Å². The second-order valence-electron chi connectivity index (χ2n) is 6.60. The summed E-state index contributed by atoms with van der Waals surface area (Å²) in [5.74, 6) is 1.91. The Bertz CT molecular complexity index is 997. The Kier molecular flexibility index (Phi) is 4.02. The van der Waals surface area contributed by atoms with E-state index >= 15 is 0 Å². The number of pyridine rings is 1. The van der Waals surface area contributed by atoms with E-state index in [4.69, 9.17) is 0 Å². The van der Waals surface area contributed by atoms with Crippen LogP contribution in [0.3, 0.4) is 0 Å². The normalized spacial score (nSPS) is 16.5. The molecule has 0 spiro atoms. The first kappa shape index (κ1) is 16.4. The molecule has 1 aliphatic rings. The first-order chi connectivity index (χ1) is 12.5. The molecular formula is C18H20N6O2. The molecule has 0 amide bonds. The van der Waals surface area contributed by atoms with E-state index in [9.17, 15) is 10.1 Å². The lowest BCUT2D eigenvalue weighted by Crippen LogP contribution is -2.32. The van der Waals surface area contributed by atoms with Crippen molar-refractivity contribution in [2.75, 3.05) is 5.32 Å². The number of hydrogen-bond acceptors (Lipinski definition) is 6. The molecule has 1 aromatic carbocycles. The summed E-state index contributed by atoms with van der Waals surface area (Å²) >= 11 is 0. The van der Waals surface area contributed by atoms with E-state index in [1.165, 1.54) is 6.07 Å².